The summed E-state index contributed by atoms with van der Waals surface area (Å²) in [7, 11) is 0.398. The van der Waals surface area contributed by atoms with Gasteiger partial charge >= 0.3 is 0 Å². The Labute approximate surface area is 187 Å². The van der Waals surface area contributed by atoms with Gasteiger partial charge in [0, 0.05) is 31.7 Å². The molecule has 0 aromatic heterocycles. The van der Waals surface area contributed by atoms with E-state index in [1.54, 1.807) is 37.4 Å². The van der Waals surface area contributed by atoms with E-state index < -0.39 is 10.1 Å². The molecule has 3 rings (SSSR count). The summed E-state index contributed by atoms with van der Waals surface area (Å²) in [5.74, 6) is -0.291. The lowest BCUT2D eigenvalue weighted by molar-refractivity contribution is 0.397. The van der Waals surface area contributed by atoms with Crippen LogP contribution in [0.2, 0.25) is 0 Å². The first-order valence-corrected chi connectivity index (χ1v) is 11.3. The van der Waals surface area contributed by atoms with Gasteiger partial charge in [-0.1, -0.05) is 0 Å². The number of hydrogen-bond acceptors (Lipinski definition) is 9. The average Bonchev–Trinajstić information content (AvgIpc) is 2.79. The van der Waals surface area contributed by atoms with Crippen LogP contribution in [0.4, 0.5) is 22.7 Å². The minimum atomic E-state index is -4.16. The van der Waals surface area contributed by atoms with Crippen LogP contribution in [0.1, 0.15) is 12.5 Å². The van der Waals surface area contributed by atoms with E-state index in [4.69, 9.17) is 4.18 Å². The zero-order chi connectivity index (χ0) is 23.5. The molecule has 0 aliphatic rings. The van der Waals surface area contributed by atoms with Crippen molar-refractivity contribution in [3.8, 4) is 5.75 Å². The van der Waals surface area contributed by atoms with Crippen molar-refractivity contribution in [2.45, 2.75) is 18.7 Å². The molecule has 3 aromatic carbocycles. The molecule has 32 heavy (non-hydrogen) atoms. The van der Waals surface area contributed by atoms with Crippen molar-refractivity contribution in [2.24, 2.45) is 20.5 Å². The van der Waals surface area contributed by atoms with Gasteiger partial charge in [0.1, 0.15) is 10.6 Å². The Hall–Kier alpha value is -3.37. The second-order valence-corrected chi connectivity index (χ2v) is 8.76. The van der Waals surface area contributed by atoms with E-state index in [0.29, 0.717) is 22.1 Å². The number of aromatic hydroxyl groups is 1. The molecule has 0 fully saturated rings. The van der Waals surface area contributed by atoms with Crippen LogP contribution in [0.3, 0.4) is 0 Å². The number of fused-ring (bicyclic) bond motifs is 1. The third kappa shape index (κ3) is 4.61. The number of nitrogens with zero attached hydrogens (tertiary/aromatic N) is 5. The summed E-state index contributed by atoms with van der Waals surface area (Å²) >= 11 is 0. The first-order chi connectivity index (χ1) is 15.2. The molecule has 0 heterocycles. The van der Waals surface area contributed by atoms with E-state index in [1.165, 1.54) is 6.07 Å². The lowest BCUT2D eigenvalue weighted by Crippen LogP contribution is -2.15. The number of azo groups is 2. The van der Waals surface area contributed by atoms with Crippen molar-refractivity contribution in [1.29, 1.82) is 0 Å². The Kier molecular flexibility index (Phi) is 6.85. The first kappa shape index (κ1) is 23.3. The van der Waals surface area contributed by atoms with Gasteiger partial charge in [-0.05, 0) is 67.3 Å². The fourth-order valence-electron chi connectivity index (χ4n) is 3.17. The number of rotatable bonds is 7. The van der Waals surface area contributed by atoms with Crippen LogP contribution in [0, 0.1) is 6.92 Å². The lowest BCUT2D eigenvalue weighted by Gasteiger charge is -2.18. The molecule has 0 saturated carbocycles. The number of phenolic OH excluding ortho intramolecular Hbond substituents is 1. The van der Waals surface area contributed by atoms with E-state index >= 15 is 0 Å². The van der Waals surface area contributed by atoms with Crippen molar-refractivity contribution in [2.75, 3.05) is 32.6 Å². The van der Waals surface area contributed by atoms with E-state index in [0.717, 1.165) is 24.9 Å². The Morgan fingerprint density at radius 2 is 1.81 bits per heavy atom. The predicted molar refractivity (Wildman–Crippen MR) is 125 cm³/mol. The quantitative estimate of drug-likeness (QED) is 0.358. The van der Waals surface area contributed by atoms with Gasteiger partial charge in [0.15, 0.2) is 5.75 Å². The van der Waals surface area contributed by atoms with Crippen LogP contribution in [0.5, 0.6) is 5.75 Å². The summed E-state index contributed by atoms with van der Waals surface area (Å²) in [6.45, 7) is 4.62. The smallest absolute Gasteiger partial charge is 0.299 e. The maximum absolute atomic E-state index is 12.6. The van der Waals surface area contributed by atoms with Crippen LogP contribution in [-0.2, 0) is 14.3 Å². The fourth-order valence-corrected chi connectivity index (χ4v) is 3.99. The SMILES string of the molecule is CCN(C)c1ccc2c(O)c(N=Nc3ccc(N=NC)c(C)c3)c(S(=O)(=O)OC)cc2c1. The van der Waals surface area contributed by atoms with E-state index in [2.05, 4.69) is 20.5 Å². The molecule has 3 aromatic rings. The average molecular weight is 456 g/mol. The van der Waals surface area contributed by atoms with Crippen molar-refractivity contribution in [1.82, 2.24) is 0 Å². The highest BCUT2D eigenvalue weighted by molar-refractivity contribution is 7.87. The first-order valence-electron chi connectivity index (χ1n) is 9.85. The largest absolute Gasteiger partial charge is 0.505 e. The highest BCUT2D eigenvalue weighted by Gasteiger charge is 2.24. The van der Waals surface area contributed by atoms with Gasteiger partial charge in [-0.3, -0.25) is 4.18 Å². The Morgan fingerprint density at radius 3 is 2.44 bits per heavy atom. The minimum absolute atomic E-state index is 0.189. The fraction of sp³-hybridized carbons (Fsp3) is 0.273. The molecule has 0 radical (unpaired) electrons. The number of aryl methyl sites for hydroxylation is 1. The standard InChI is InChI=1S/C22H25N5O4S/c1-6-27(4)17-8-9-18-15(12-17)13-20(32(29,30)31-5)21(22(18)28)26-24-16-7-10-19(25-23-3)14(2)11-16/h7-13,28H,6H2,1-5H3. The van der Waals surface area contributed by atoms with Crippen molar-refractivity contribution in [3.63, 3.8) is 0 Å². The summed E-state index contributed by atoms with van der Waals surface area (Å²) in [6, 6.07) is 12.0. The molecular weight excluding hydrogens is 430 g/mol. The van der Waals surface area contributed by atoms with Crippen LogP contribution in [0.15, 0.2) is 67.8 Å². The molecule has 0 atom stereocenters. The Bertz CT molecular complexity index is 1320. The Morgan fingerprint density at radius 1 is 1.06 bits per heavy atom. The van der Waals surface area contributed by atoms with Crippen LogP contribution >= 0.6 is 0 Å². The second-order valence-electron chi connectivity index (χ2n) is 7.08. The summed E-state index contributed by atoms with van der Waals surface area (Å²) in [6.07, 6.45) is 0. The molecule has 0 aliphatic heterocycles. The van der Waals surface area contributed by atoms with Crippen molar-refractivity contribution >= 4 is 43.6 Å². The molecular formula is C22H25N5O4S. The van der Waals surface area contributed by atoms with Gasteiger partial charge in [-0.25, -0.2) is 0 Å². The van der Waals surface area contributed by atoms with Crippen molar-refractivity contribution < 1.29 is 17.7 Å². The molecule has 0 spiro atoms. The van der Waals surface area contributed by atoms with Crippen LogP contribution in [0.25, 0.3) is 10.8 Å². The van der Waals surface area contributed by atoms with Gasteiger partial charge in [-0.2, -0.15) is 23.8 Å². The van der Waals surface area contributed by atoms with Gasteiger partial charge in [0.25, 0.3) is 10.1 Å². The van der Waals surface area contributed by atoms with Gasteiger partial charge in [0.05, 0.1) is 18.5 Å². The predicted octanol–water partition coefficient (Wildman–Crippen LogP) is 5.77. The molecule has 9 nitrogen and oxygen atoms in total. The zero-order valence-electron chi connectivity index (χ0n) is 18.6. The van der Waals surface area contributed by atoms with Crippen LogP contribution in [-0.4, -0.2) is 41.3 Å². The molecule has 0 bridgehead atoms. The lowest BCUT2D eigenvalue weighted by atomic mass is 10.1. The second kappa shape index (κ2) is 9.41. The normalized spacial score (nSPS) is 12.3. The number of phenols is 1. The van der Waals surface area contributed by atoms with Gasteiger partial charge in [-0.15, -0.1) is 5.11 Å². The maximum atomic E-state index is 12.6. The number of benzene rings is 3. The summed E-state index contributed by atoms with van der Waals surface area (Å²) in [5.41, 5.74) is 2.68. The third-order valence-corrected chi connectivity index (χ3v) is 6.38. The molecule has 10 heteroatoms. The maximum Gasteiger partial charge on any atom is 0.299 e. The summed E-state index contributed by atoms with van der Waals surface area (Å²) in [4.78, 5) is 1.73. The van der Waals surface area contributed by atoms with Gasteiger partial charge < -0.3 is 10.0 Å². The van der Waals surface area contributed by atoms with E-state index in [9.17, 15) is 13.5 Å². The molecule has 1 N–H and O–H groups in total. The third-order valence-electron chi connectivity index (χ3n) is 5.09. The van der Waals surface area contributed by atoms with Crippen molar-refractivity contribution in [3.05, 3.63) is 48.0 Å². The molecule has 168 valence electrons. The highest BCUT2D eigenvalue weighted by atomic mass is 32.2. The zero-order valence-corrected chi connectivity index (χ0v) is 19.4. The highest BCUT2D eigenvalue weighted by Crippen LogP contribution is 2.42. The number of hydrogen-bond donors (Lipinski definition) is 1. The topological polar surface area (TPSA) is 116 Å². The van der Waals surface area contributed by atoms with Crippen LogP contribution < -0.4 is 4.90 Å². The summed E-state index contributed by atoms with van der Waals surface area (Å²) in [5, 5.41) is 27.9. The molecule has 0 aliphatic carbocycles. The van der Waals surface area contributed by atoms with E-state index in [-0.39, 0.29) is 16.3 Å². The Balaban J connectivity index is 2.18. The minimum Gasteiger partial charge on any atom is -0.505 e. The van der Waals surface area contributed by atoms with Gasteiger partial charge in [0.2, 0.25) is 0 Å². The molecule has 0 amide bonds. The molecule has 0 unspecified atom stereocenters. The monoisotopic (exact) mass is 455 g/mol. The number of anilines is 1. The molecule has 0 saturated heterocycles. The summed E-state index contributed by atoms with van der Waals surface area (Å²) < 4.78 is 29.9. The van der Waals surface area contributed by atoms with E-state index in [1.807, 2.05) is 31.9 Å².